The van der Waals surface area contributed by atoms with Crippen LogP contribution in [0.15, 0.2) is 49.6 Å². The van der Waals surface area contributed by atoms with E-state index in [1.54, 1.807) is 11.1 Å². The molecule has 1 aromatic rings. The largest absolute Gasteiger partial charge is 0.362 e. The molecule has 0 amide bonds. The Kier molecular flexibility index (Phi) is 5.28. The summed E-state index contributed by atoms with van der Waals surface area (Å²) >= 11 is 0. The summed E-state index contributed by atoms with van der Waals surface area (Å²) in [6.07, 6.45) is 16.2. The maximum atomic E-state index is 3.89. The Labute approximate surface area is 147 Å². The molecule has 0 N–H and O–H groups in total. The normalized spacial score (nSPS) is 21.9. The van der Waals surface area contributed by atoms with Crippen LogP contribution in [0.3, 0.4) is 0 Å². The van der Waals surface area contributed by atoms with E-state index in [9.17, 15) is 0 Å². The first-order valence-electron chi connectivity index (χ1n) is 9.53. The zero-order valence-electron chi connectivity index (χ0n) is 15.2. The molecule has 0 saturated carbocycles. The lowest BCUT2D eigenvalue weighted by Gasteiger charge is -2.49. The Bertz CT molecular complexity index is 639. The van der Waals surface area contributed by atoms with E-state index in [1.807, 2.05) is 6.08 Å². The molecule has 2 heterocycles. The first kappa shape index (κ1) is 17.1. The number of nitrogens with zero attached hydrogens (tertiary/aromatic N) is 1. The Morgan fingerprint density at radius 2 is 1.96 bits per heavy atom. The fourth-order valence-corrected chi connectivity index (χ4v) is 4.41. The highest BCUT2D eigenvalue weighted by molar-refractivity contribution is 5.84. The van der Waals surface area contributed by atoms with E-state index in [2.05, 4.69) is 55.3 Å². The summed E-state index contributed by atoms with van der Waals surface area (Å²) < 4.78 is 0. The van der Waals surface area contributed by atoms with Gasteiger partial charge in [-0.25, -0.2) is 0 Å². The maximum Gasteiger partial charge on any atom is 0.0562 e. The lowest BCUT2D eigenvalue weighted by atomic mass is 9.79. The van der Waals surface area contributed by atoms with Gasteiger partial charge < -0.3 is 4.90 Å². The molecule has 0 fully saturated rings. The van der Waals surface area contributed by atoms with Gasteiger partial charge in [0.15, 0.2) is 0 Å². The number of anilines is 1. The topological polar surface area (TPSA) is 3.24 Å². The molecule has 0 saturated heterocycles. The summed E-state index contributed by atoms with van der Waals surface area (Å²) in [6.45, 7) is 11.4. The minimum absolute atomic E-state index is 0.149. The average molecular weight is 322 g/mol. The van der Waals surface area contributed by atoms with Crippen LogP contribution in [0.1, 0.15) is 63.0 Å². The first-order chi connectivity index (χ1) is 11.7. The number of unbranched alkanes of at least 4 members (excludes halogenated alkanes) is 2. The lowest BCUT2D eigenvalue weighted by molar-refractivity contribution is 0.443. The molecule has 3 rings (SSSR count). The Balaban J connectivity index is 1.98. The van der Waals surface area contributed by atoms with Gasteiger partial charge >= 0.3 is 0 Å². The predicted octanol–water partition coefficient (Wildman–Crippen LogP) is 6.31. The van der Waals surface area contributed by atoms with Gasteiger partial charge in [-0.05, 0) is 69.4 Å². The zero-order valence-corrected chi connectivity index (χ0v) is 15.2. The standard InChI is InChI=1S/C23H31N/c1-4-6-8-12-20-18-23(3,16-9-7-5-2)24-17-11-14-19-13-10-15-21(20)22(19)24/h4-5,10,13,15,18H,1-2,6-9,11-12,14,16-17H2,3H3. The molecule has 1 unspecified atom stereocenters. The second-order valence-corrected chi connectivity index (χ2v) is 7.46. The van der Waals surface area contributed by atoms with E-state index in [4.69, 9.17) is 0 Å². The van der Waals surface area contributed by atoms with Gasteiger partial charge in [0.2, 0.25) is 0 Å². The predicted molar refractivity (Wildman–Crippen MR) is 107 cm³/mol. The van der Waals surface area contributed by atoms with Gasteiger partial charge in [0.1, 0.15) is 0 Å². The van der Waals surface area contributed by atoms with Crippen molar-refractivity contribution in [3.8, 4) is 0 Å². The molecule has 1 nitrogen and oxygen atoms in total. The molecule has 0 aliphatic carbocycles. The summed E-state index contributed by atoms with van der Waals surface area (Å²) in [5.41, 5.74) is 6.25. The van der Waals surface area contributed by atoms with Crippen molar-refractivity contribution < 1.29 is 0 Å². The van der Waals surface area contributed by atoms with Crippen molar-refractivity contribution in [3.63, 3.8) is 0 Å². The fourth-order valence-electron chi connectivity index (χ4n) is 4.41. The van der Waals surface area contributed by atoms with E-state index in [-0.39, 0.29) is 5.54 Å². The summed E-state index contributed by atoms with van der Waals surface area (Å²) in [7, 11) is 0. The molecule has 1 aromatic carbocycles. The lowest BCUT2D eigenvalue weighted by Crippen LogP contribution is -2.50. The van der Waals surface area contributed by atoms with E-state index in [1.165, 1.54) is 49.9 Å². The number of hydrogen-bond acceptors (Lipinski definition) is 1. The monoisotopic (exact) mass is 321 g/mol. The molecule has 1 atom stereocenters. The van der Waals surface area contributed by atoms with Gasteiger partial charge in [0, 0.05) is 17.8 Å². The van der Waals surface area contributed by atoms with Crippen LogP contribution < -0.4 is 4.90 Å². The Morgan fingerprint density at radius 3 is 2.75 bits per heavy atom. The van der Waals surface area contributed by atoms with Crippen molar-refractivity contribution in [2.45, 2.75) is 63.8 Å². The van der Waals surface area contributed by atoms with Crippen molar-refractivity contribution in [2.24, 2.45) is 0 Å². The van der Waals surface area contributed by atoms with Crippen LogP contribution in [0.5, 0.6) is 0 Å². The minimum atomic E-state index is 0.149. The molecular weight excluding hydrogens is 290 g/mol. The van der Waals surface area contributed by atoms with Crippen LogP contribution in [0.2, 0.25) is 0 Å². The molecule has 24 heavy (non-hydrogen) atoms. The van der Waals surface area contributed by atoms with E-state index < -0.39 is 0 Å². The van der Waals surface area contributed by atoms with E-state index in [0.29, 0.717) is 0 Å². The Hall–Kier alpha value is -1.76. The van der Waals surface area contributed by atoms with Gasteiger partial charge in [0.05, 0.1) is 5.54 Å². The van der Waals surface area contributed by atoms with Crippen molar-refractivity contribution >= 4 is 11.3 Å². The van der Waals surface area contributed by atoms with Crippen molar-refractivity contribution in [2.75, 3.05) is 11.4 Å². The van der Waals surface area contributed by atoms with Gasteiger partial charge in [0.25, 0.3) is 0 Å². The molecule has 0 bridgehead atoms. The molecular formula is C23H31N. The van der Waals surface area contributed by atoms with Gasteiger partial charge in [-0.1, -0.05) is 36.4 Å². The molecule has 0 radical (unpaired) electrons. The van der Waals surface area contributed by atoms with Gasteiger partial charge in [-0.2, -0.15) is 0 Å². The number of hydrogen-bond donors (Lipinski definition) is 0. The van der Waals surface area contributed by atoms with Crippen molar-refractivity contribution in [1.29, 1.82) is 0 Å². The number of para-hydroxylation sites is 1. The third-order valence-corrected chi connectivity index (χ3v) is 5.61. The smallest absolute Gasteiger partial charge is 0.0562 e. The minimum Gasteiger partial charge on any atom is -0.362 e. The first-order valence-corrected chi connectivity index (χ1v) is 9.53. The third kappa shape index (κ3) is 3.22. The second kappa shape index (κ2) is 7.42. The van der Waals surface area contributed by atoms with Gasteiger partial charge in [-0.15, -0.1) is 13.2 Å². The highest BCUT2D eigenvalue weighted by Crippen LogP contribution is 2.46. The average Bonchev–Trinajstić information content (AvgIpc) is 2.59. The van der Waals surface area contributed by atoms with E-state index >= 15 is 0 Å². The summed E-state index contributed by atoms with van der Waals surface area (Å²) in [5.74, 6) is 0. The number of aryl methyl sites for hydroxylation is 1. The molecule has 2 aliphatic heterocycles. The van der Waals surface area contributed by atoms with Crippen LogP contribution in [0.4, 0.5) is 5.69 Å². The number of allylic oxidation sites excluding steroid dienone is 3. The summed E-state index contributed by atoms with van der Waals surface area (Å²) in [6, 6.07) is 6.92. The Morgan fingerprint density at radius 1 is 1.17 bits per heavy atom. The molecule has 0 aromatic heterocycles. The number of benzene rings is 1. The highest BCUT2D eigenvalue weighted by atomic mass is 15.2. The molecule has 2 aliphatic rings. The highest BCUT2D eigenvalue weighted by Gasteiger charge is 2.37. The third-order valence-electron chi connectivity index (χ3n) is 5.61. The number of rotatable bonds is 8. The van der Waals surface area contributed by atoms with Crippen LogP contribution in [-0.2, 0) is 6.42 Å². The zero-order chi connectivity index (χ0) is 17.0. The van der Waals surface area contributed by atoms with Crippen molar-refractivity contribution in [1.82, 2.24) is 0 Å². The summed E-state index contributed by atoms with van der Waals surface area (Å²) in [5, 5.41) is 0. The van der Waals surface area contributed by atoms with Crippen LogP contribution >= 0.6 is 0 Å². The SMILES string of the molecule is C=CCCCC1=CC(C)(CCCC=C)N2CCCc3cccc1c32. The van der Waals surface area contributed by atoms with Crippen molar-refractivity contribution in [3.05, 3.63) is 60.7 Å². The van der Waals surface area contributed by atoms with Crippen LogP contribution in [-0.4, -0.2) is 12.1 Å². The van der Waals surface area contributed by atoms with Crippen LogP contribution in [0, 0.1) is 0 Å². The van der Waals surface area contributed by atoms with Crippen LogP contribution in [0.25, 0.3) is 5.57 Å². The van der Waals surface area contributed by atoms with E-state index in [0.717, 1.165) is 19.3 Å². The van der Waals surface area contributed by atoms with Gasteiger partial charge in [-0.3, -0.25) is 0 Å². The molecule has 128 valence electrons. The fraction of sp³-hybridized carbons (Fsp3) is 0.478. The molecule has 1 heteroatoms. The maximum absolute atomic E-state index is 3.89. The second-order valence-electron chi connectivity index (χ2n) is 7.46. The summed E-state index contributed by atoms with van der Waals surface area (Å²) in [4.78, 5) is 2.70. The molecule has 0 spiro atoms. The quantitative estimate of drug-likeness (QED) is 0.401.